The number of hydrogen-bond acceptors (Lipinski definition) is 4. The van der Waals surface area contributed by atoms with E-state index in [9.17, 15) is 14.9 Å². The van der Waals surface area contributed by atoms with Gasteiger partial charge in [0.05, 0.1) is 17.7 Å². The number of rotatable bonds is 6. The van der Waals surface area contributed by atoms with E-state index in [1.54, 1.807) is 36.4 Å². The second kappa shape index (κ2) is 7.84. The number of carbonyl (C=O) groups is 1. The molecule has 0 radical (unpaired) electrons. The minimum absolute atomic E-state index is 0.0334. The summed E-state index contributed by atoms with van der Waals surface area (Å²) in [7, 11) is 0. The molecule has 1 amide bonds. The van der Waals surface area contributed by atoms with Gasteiger partial charge in [0, 0.05) is 17.6 Å². The maximum absolute atomic E-state index is 13.0. The molecule has 0 N–H and O–H groups in total. The number of hydrogen-bond donors (Lipinski definition) is 0. The molecule has 1 aromatic heterocycles. The topological polar surface area (TPSA) is 76.6 Å². The third kappa shape index (κ3) is 4.10. The van der Waals surface area contributed by atoms with E-state index in [0.717, 1.165) is 5.56 Å². The van der Waals surface area contributed by atoms with Gasteiger partial charge in [0.2, 0.25) is 0 Å². The van der Waals surface area contributed by atoms with Crippen LogP contribution in [0, 0.1) is 10.1 Å². The predicted octanol–water partition coefficient (Wildman–Crippen LogP) is 4.68. The Labute approximate surface area is 154 Å². The summed E-state index contributed by atoms with van der Waals surface area (Å²) < 4.78 is 5.34. The first-order valence-electron chi connectivity index (χ1n) is 7.84. The van der Waals surface area contributed by atoms with Crippen LogP contribution in [0.15, 0.2) is 71.3 Å². The largest absolute Gasteiger partial charge is 0.467 e. The molecular weight excluding hydrogens is 356 g/mol. The summed E-state index contributed by atoms with van der Waals surface area (Å²) in [5.41, 5.74) is 0.620. The molecule has 6 nitrogen and oxygen atoms in total. The van der Waals surface area contributed by atoms with E-state index in [-0.39, 0.29) is 24.3 Å². The van der Waals surface area contributed by atoms with Gasteiger partial charge in [0.1, 0.15) is 11.3 Å². The lowest BCUT2D eigenvalue weighted by molar-refractivity contribution is -0.385. The van der Waals surface area contributed by atoms with Crippen molar-refractivity contribution in [3.05, 3.63) is 99.0 Å². The van der Waals surface area contributed by atoms with Gasteiger partial charge in [-0.2, -0.15) is 0 Å². The second-order valence-electron chi connectivity index (χ2n) is 5.64. The second-order valence-corrected chi connectivity index (χ2v) is 6.08. The first kappa shape index (κ1) is 17.7. The van der Waals surface area contributed by atoms with Gasteiger partial charge in [-0.3, -0.25) is 14.9 Å². The Hall–Kier alpha value is -3.12. The normalized spacial score (nSPS) is 10.5. The summed E-state index contributed by atoms with van der Waals surface area (Å²) in [6.45, 7) is 0.427. The molecule has 0 fully saturated rings. The van der Waals surface area contributed by atoms with Crippen LogP contribution in [-0.2, 0) is 13.1 Å². The fraction of sp³-hybridized carbons (Fsp3) is 0.105. The number of nitrogens with zero attached hydrogens (tertiary/aromatic N) is 2. The first-order chi connectivity index (χ1) is 12.5. The van der Waals surface area contributed by atoms with Crippen LogP contribution in [0.1, 0.15) is 21.7 Å². The van der Waals surface area contributed by atoms with Gasteiger partial charge in [-0.25, -0.2) is 0 Å². The van der Waals surface area contributed by atoms with E-state index in [1.807, 2.05) is 6.07 Å². The lowest BCUT2D eigenvalue weighted by atomic mass is 10.1. The molecule has 0 atom stereocenters. The highest BCUT2D eigenvalue weighted by molar-refractivity contribution is 6.30. The average Bonchev–Trinajstić information content (AvgIpc) is 3.13. The molecule has 0 aliphatic carbocycles. The van der Waals surface area contributed by atoms with Gasteiger partial charge in [0.25, 0.3) is 11.6 Å². The highest BCUT2D eigenvalue weighted by atomic mass is 35.5. The summed E-state index contributed by atoms with van der Waals surface area (Å²) in [5, 5.41) is 11.8. The van der Waals surface area contributed by atoms with Crippen LogP contribution in [-0.4, -0.2) is 15.7 Å². The van der Waals surface area contributed by atoms with Gasteiger partial charge in [-0.15, -0.1) is 0 Å². The fourth-order valence-corrected chi connectivity index (χ4v) is 2.84. The van der Waals surface area contributed by atoms with Gasteiger partial charge in [0.15, 0.2) is 0 Å². The Morgan fingerprint density at radius 3 is 2.58 bits per heavy atom. The van der Waals surface area contributed by atoms with Crippen LogP contribution in [0.4, 0.5) is 5.69 Å². The third-order valence-electron chi connectivity index (χ3n) is 3.81. The minimum atomic E-state index is -0.558. The molecule has 7 heteroatoms. The summed E-state index contributed by atoms with van der Waals surface area (Å²) in [6, 6.07) is 16.5. The van der Waals surface area contributed by atoms with Crippen molar-refractivity contribution in [2.45, 2.75) is 13.1 Å². The van der Waals surface area contributed by atoms with Crippen molar-refractivity contribution in [3.63, 3.8) is 0 Å². The molecular formula is C19H15ClN2O4. The van der Waals surface area contributed by atoms with Crippen LogP contribution in [0.3, 0.4) is 0 Å². The molecule has 26 heavy (non-hydrogen) atoms. The van der Waals surface area contributed by atoms with Crippen molar-refractivity contribution >= 4 is 23.2 Å². The van der Waals surface area contributed by atoms with Crippen LogP contribution in [0.2, 0.25) is 5.02 Å². The van der Waals surface area contributed by atoms with Crippen molar-refractivity contribution in [2.24, 2.45) is 0 Å². The molecule has 2 aromatic carbocycles. The van der Waals surface area contributed by atoms with Gasteiger partial charge < -0.3 is 9.32 Å². The van der Waals surface area contributed by atoms with Gasteiger partial charge >= 0.3 is 0 Å². The lowest BCUT2D eigenvalue weighted by Crippen LogP contribution is -2.30. The molecule has 132 valence electrons. The van der Waals surface area contributed by atoms with Gasteiger partial charge in [-0.1, -0.05) is 35.9 Å². The fourth-order valence-electron chi connectivity index (χ4n) is 2.63. The maximum Gasteiger partial charge on any atom is 0.282 e. The molecule has 3 aromatic rings. The number of furan rings is 1. The molecule has 3 rings (SSSR count). The zero-order valence-electron chi connectivity index (χ0n) is 13.7. The summed E-state index contributed by atoms with van der Waals surface area (Å²) in [6.07, 6.45) is 1.52. The number of benzene rings is 2. The van der Waals surface area contributed by atoms with E-state index in [2.05, 4.69) is 0 Å². The Balaban J connectivity index is 1.94. The van der Waals surface area contributed by atoms with Crippen LogP contribution < -0.4 is 0 Å². The summed E-state index contributed by atoms with van der Waals surface area (Å²) in [5.74, 6) is 0.132. The zero-order chi connectivity index (χ0) is 18.5. The van der Waals surface area contributed by atoms with E-state index in [0.29, 0.717) is 10.8 Å². The molecule has 0 aliphatic rings. The van der Waals surface area contributed by atoms with Crippen molar-refractivity contribution < 1.29 is 14.1 Å². The van der Waals surface area contributed by atoms with Crippen molar-refractivity contribution in [1.82, 2.24) is 4.90 Å². The number of nitro groups is 1. The predicted molar refractivity (Wildman–Crippen MR) is 96.8 cm³/mol. The highest BCUT2D eigenvalue weighted by Crippen LogP contribution is 2.23. The van der Waals surface area contributed by atoms with Crippen molar-refractivity contribution in [2.75, 3.05) is 0 Å². The molecule has 0 spiro atoms. The number of nitro benzene ring substituents is 1. The van der Waals surface area contributed by atoms with Crippen molar-refractivity contribution in [1.29, 1.82) is 0 Å². The smallest absolute Gasteiger partial charge is 0.282 e. The SMILES string of the molecule is O=C(c1ccccc1[N+](=O)[O-])N(Cc1cccc(Cl)c1)Cc1ccco1. The summed E-state index contributed by atoms with van der Waals surface area (Å²) >= 11 is 6.02. The van der Waals surface area contributed by atoms with E-state index in [4.69, 9.17) is 16.0 Å². The Bertz CT molecular complexity index is 925. The summed E-state index contributed by atoms with van der Waals surface area (Å²) in [4.78, 5) is 25.2. The first-order valence-corrected chi connectivity index (χ1v) is 8.22. The Morgan fingerprint density at radius 1 is 1.08 bits per heavy atom. The number of para-hydroxylation sites is 1. The Kier molecular flexibility index (Phi) is 5.34. The minimum Gasteiger partial charge on any atom is -0.467 e. The Morgan fingerprint density at radius 2 is 1.88 bits per heavy atom. The molecule has 0 aliphatic heterocycles. The monoisotopic (exact) mass is 370 g/mol. The molecule has 0 saturated heterocycles. The molecule has 1 heterocycles. The van der Waals surface area contributed by atoms with Crippen LogP contribution in [0.25, 0.3) is 0 Å². The van der Waals surface area contributed by atoms with Crippen molar-refractivity contribution in [3.8, 4) is 0 Å². The number of amides is 1. The molecule has 0 unspecified atom stereocenters. The van der Waals surface area contributed by atoms with Crippen LogP contribution in [0.5, 0.6) is 0 Å². The van der Waals surface area contributed by atoms with E-state index in [1.165, 1.54) is 29.4 Å². The van der Waals surface area contributed by atoms with E-state index < -0.39 is 10.8 Å². The maximum atomic E-state index is 13.0. The zero-order valence-corrected chi connectivity index (χ0v) is 14.4. The number of carbonyl (C=O) groups excluding carboxylic acids is 1. The standard InChI is InChI=1S/C19H15ClN2O4/c20-15-6-3-5-14(11-15)12-21(13-16-7-4-10-26-16)19(23)17-8-1-2-9-18(17)22(24)25/h1-11H,12-13H2. The van der Waals surface area contributed by atoms with E-state index >= 15 is 0 Å². The van der Waals surface area contributed by atoms with Crippen LogP contribution >= 0.6 is 11.6 Å². The average molecular weight is 371 g/mol. The highest BCUT2D eigenvalue weighted by Gasteiger charge is 2.25. The quantitative estimate of drug-likeness (QED) is 0.466. The third-order valence-corrected chi connectivity index (χ3v) is 4.04. The number of halogens is 1. The lowest BCUT2D eigenvalue weighted by Gasteiger charge is -2.22. The van der Waals surface area contributed by atoms with Gasteiger partial charge in [-0.05, 0) is 35.9 Å². The molecule has 0 bridgehead atoms. The molecule has 0 saturated carbocycles.